The van der Waals surface area contributed by atoms with Crippen LogP contribution in [-0.2, 0) is 6.18 Å². The summed E-state index contributed by atoms with van der Waals surface area (Å²) in [6.07, 6.45) is -4.43. The summed E-state index contributed by atoms with van der Waals surface area (Å²) >= 11 is 1.39. The molecule has 0 atom stereocenters. The maximum atomic E-state index is 13.8. The highest BCUT2D eigenvalue weighted by Gasteiger charge is 2.31. The van der Waals surface area contributed by atoms with Crippen molar-refractivity contribution in [1.82, 2.24) is 9.88 Å². The molecule has 1 fully saturated rings. The molecule has 1 aliphatic rings. The Hall–Kier alpha value is -2.68. The number of anilines is 1. The molecule has 0 radical (unpaired) electrons. The second-order valence-electron chi connectivity index (χ2n) is 6.44. The number of piperazine rings is 1. The van der Waals surface area contributed by atoms with Gasteiger partial charge in [-0.3, -0.25) is 4.79 Å². The number of carbonyl (C=O) groups is 1. The Kier molecular flexibility index (Phi) is 4.70. The largest absolute Gasteiger partial charge is 0.416 e. The van der Waals surface area contributed by atoms with E-state index in [9.17, 15) is 22.4 Å². The molecule has 28 heavy (non-hydrogen) atoms. The lowest BCUT2D eigenvalue weighted by atomic mass is 10.1. The minimum absolute atomic E-state index is 0.225. The molecule has 1 saturated heterocycles. The van der Waals surface area contributed by atoms with Crippen LogP contribution in [0.25, 0.3) is 10.2 Å². The van der Waals surface area contributed by atoms with Crippen molar-refractivity contribution in [3.05, 3.63) is 59.4 Å². The van der Waals surface area contributed by atoms with E-state index in [1.54, 1.807) is 11.0 Å². The van der Waals surface area contributed by atoms with Crippen molar-refractivity contribution < 1.29 is 22.4 Å². The highest BCUT2D eigenvalue weighted by Crippen LogP contribution is 2.31. The summed E-state index contributed by atoms with van der Waals surface area (Å²) < 4.78 is 52.5. The number of alkyl halides is 3. The maximum Gasteiger partial charge on any atom is 0.416 e. The van der Waals surface area contributed by atoms with Gasteiger partial charge >= 0.3 is 6.18 Å². The molecule has 0 aliphatic carbocycles. The predicted molar refractivity (Wildman–Crippen MR) is 99.1 cm³/mol. The molecule has 0 N–H and O–H groups in total. The zero-order valence-corrected chi connectivity index (χ0v) is 15.4. The Labute approximate surface area is 162 Å². The van der Waals surface area contributed by atoms with Gasteiger partial charge in [0.2, 0.25) is 0 Å². The van der Waals surface area contributed by atoms with E-state index in [2.05, 4.69) is 4.98 Å². The minimum atomic E-state index is -4.43. The molecular weight excluding hydrogens is 394 g/mol. The first-order chi connectivity index (χ1) is 13.3. The molecule has 4 rings (SSSR count). The van der Waals surface area contributed by atoms with Crippen LogP contribution in [0.4, 0.5) is 22.7 Å². The first-order valence-electron chi connectivity index (χ1n) is 8.59. The van der Waals surface area contributed by atoms with Gasteiger partial charge in [0.25, 0.3) is 5.91 Å². The zero-order chi connectivity index (χ0) is 19.9. The molecule has 2 heterocycles. The van der Waals surface area contributed by atoms with Gasteiger partial charge in [-0.1, -0.05) is 17.4 Å². The number of benzene rings is 2. The quantitative estimate of drug-likeness (QED) is 0.588. The Balaban J connectivity index is 1.43. The fraction of sp³-hybridized carbons (Fsp3) is 0.263. The van der Waals surface area contributed by atoms with Crippen LogP contribution >= 0.6 is 11.3 Å². The number of aromatic nitrogens is 1. The Morgan fingerprint density at radius 1 is 1.00 bits per heavy atom. The molecule has 0 saturated carbocycles. The van der Waals surface area contributed by atoms with E-state index in [1.165, 1.54) is 29.5 Å². The second-order valence-corrected chi connectivity index (χ2v) is 7.45. The molecule has 1 aliphatic heterocycles. The molecule has 2 aromatic carbocycles. The lowest BCUT2D eigenvalue weighted by Crippen LogP contribution is -2.48. The van der Waals surface area contributed by atoms with Crippen LogP contribution in [0.5, 0.6) is 0 Å². The summed E-state index contributed by atoms with van der Waals surface area (Å²) in [5.41, 5.74) is -0.216. The number of para-hydroxylation sites is 1. The molecule has 146 valence electrons. The van der Waals surface area contributed by atoms with Crippen LogP contribution in [0.2, 0.25) is 0 Å². The smallest absolute Gasteiger partial charge is 0.345 e. The van der Waals surface area contributed by atoms with Crippen molar-refractivity contribution in [3.8, 4) is 0 Å². The molecule has 3 aromatic rings. The van der Waals surface area contributed by atoms with Crippen molar-refractivity contribution >= 4 is 32.6 Å². The molecule has 1 aromatic heterocycles. The van der Waals surface area contributed by atoms with Gasteiger partial charge in [-0.15, -0.1) is 0 Å². The third kappa shape index (κ3) is 3.54. The number of hydrogen-bond acceptors (Lipinski definition) is 4. The Bertz CT molecular complexity index is 1010. The minimum Gasteiger partial charge on any atom is -0.345 e. The lowest BCUT2D eigenvalue weighted by Gasteiger charge is -2.34. The summed E-state index contributed by atoms with van der Waals surface area (Å²) in [4.78, 5) is 20.5. The van der Waals surface area contributed by atoms with Crippen molar-refractivity contribution in [2.45, 2.75) is 6.18 Å². The van der Waals surface area contributed by atoms with Crippen molar-refractivity contribution in [3.63, 3.8) is 0 Å². The normalized spacial score (nSPS) is 15.3. The van der Waals surface area contributed by atoms with E-state index < -0.39 is 11.7 Å². The van der Waals surface area contributed by atoms with Gasteiger partial charge < -0.3 is 9.80 Å². The number of carbonyl (C=O) groups excluding carboxylic acids is 1. The van der Waals surface area contributed by atoms with Crippen LogP contribution < -0.4 is 4.90 Å². The topological polar surface area (TPSA) is 36.4 Å². The van der Waals surface area contributed by atoms with E-state index in [4.69, 9.17) is 0 Å². The monoisotopic (exact) mass is 409 g/mol. The Morgan fingerprint density at radius 3 is 2.29 bits per heavy atom. The number of thiazole rings is 1. The SMILES string of the molecule is O=C(c1ccc(C(F)(F)F)cc1)N1CCN(c2nc3c(F)cccc3s2)CC1. The van der Waals surface area contributed by atoms with E-state index in [0.29, 0.717) is 36.8 Å². The fourth-order valence-corrected chi connectivity index (χ4v) is 4.16. The standard InChI is InChI=1S/C19H15F4N3OS/c20-14-2-1-3-15-16(14)24-18(28-15)26-10-8-25(9-11-26)17(27)12-4-6-13(7-5-12)19(21,22)23/h1-7H,8-11H2. The molecule has 1 amide bonds. The third-order valence-electron chi connectivity index (χ3n) is 4.66. The van der Waals surface area contributed by atoms with Crippen molar-refractivity contribution in [2.75, 3.05) is 31.1 Å². The van der Waals surface area contributed by atoms with Gasteiger partial charge in [-0.25, -0.2) is 9.37 Å². The molecule has 4 nitrogen and oxygen atoms in total. The second kappa shape index (κ2) is 7.05. The van der Waals surface area contributed by atoms with Crippen LogP contribution in [0, 0.1) is 5.82 Å². The van der Waals surface area contributed by atoms with Crippen LogP contribution in [0.15, 0.2) is 42.5 Å². The van der Waals surface area contributed by atoms with Crippen LogP contribution in [-0.4, -0.2) is 42.0 Å². The lowest BCUT2D eigenvalue weighted by molar-refractivity contribution is -0.137. The average Bonchev–Trinajstić information content (AvgIpc) is 3.13. The van der Waals surface area contributed by atoms with Crippen LogP contribution in [0.3, 0.4) is 0 Å². The summed E-state index contributed by atoms with van der Waals surface area (Å²) in [5, 5.41) is 0.696. The van der Waals surface area contributed by atoms with Gasteiger partial charge in [0.15, 0.2) is 5.13 Å². The van der Waals surface area contributed by atoms with E-state index >= 15 is 0 Å². The molecule has 9 heteroatoms. The van der Waals surface area contributed by atoms with E-state index in [-0.39, 0.29) is 17.3 Å². The fourth-order valence-electron chi connectivity index (χ4n) is 3.12. The summed E-state index contributed by atoms with van der Waals surface area (Å²) in [6.45, 7) is 1.87. The molecule has 0 spiro atoms. The average molecular weight is 409 g/mol. The van der Waals surface area contributed by atoms with Gasteiger partial charge in [0.05, 0.1) is 10.3 Å². The van der Waals surface area contributed by atoms with Gasteiger partial charge in [0, 0.05) is 31.7 Å². The first-order valence-corrected chi connectivity index (χ1v) is 9.41. The van der Waals surface area contributed by atoms with Crippen molar-refractivity contribution in [2.24, 2.45) is 0 Å². The summed E-state index contributed by atoms with van der Waals surface area (Å²) in [5.74, 6) is -0.667. The number of amides is 1. The third-order valence-corrected chi connectivity index (χ3v) is 5.74. The van der Waals surface area contributed by atoms with E-state index in [0.717, 1.165) is 16.8 Å². The maximum absolute atomic E-state index is 13.8. The van der Waals surface area contributed by atoms with Gasteiger partial charge in [-0.05, 0) is 36.4 Å². The Morgan fingerprint density at radius 2 is 1.68 bits per heavy atom. The van der Waals surface area contributed by atoms with Gasteiger partial charge in [0.1, 0.15) is 11.3 Å². The van der Waals surface area contributed by atoms with Gasteiger partial charge in [-0.2, -0.15) is 13.2 Å². The highest BCUT2D eigenvalue weighted by molar-refractivity contribution is 7.22. The van der Waals surface area contributed by atoms with E-state index in [1.807, 2.05) is 11.0 Å². The number of hydrogen-bond donors (Lipinski definition) is 0. The van der Waals surface area contributed by atoms with Crippen molar-refractivity contribution in [1.29, 1.82) is 0 Å². The summed E-state index contributed by atoms with van der Waals surface area (Å²) in [6, 6.07) is 9.05. The molecular formula is C19H15F4N3OS. The highest BCUT2D eigenvalue weighted by atomic mass is 32.1. The summed E-state index contributed by atoms with van der Waals surface area (Å²) in [7, 11) is 0. The first kappa shape index (κ1) is 18.7. The number of rotatable bonds is 2. The molecule has 0 bridgehead atoms. The zero-order valence-electron chi connectivity index (χ0n) is 14.5. The molecule has 0 unspecified atom stereocenters. The number of fused-ring (bicyclic) bond motifs is 1. The van der Waals surface area contributed by atoms with Crippen LogP contribution in [0.1, 0.15) is 15.9 Å². The predicted octanol–water partition coefficient (Wildman–Crippen LogP) is 4.42. The number of halogens is 4. The number of nitrogens with zero attached hydrogens (tertiary/aromatic N) is 3.